The van der Waals surface area contributed by atoms with Crippen LogP contribution in [0, 0.1) is 0 Å². The molecule has 1 aliphatic rings. The number of furan rings is 1. The van der Waals surface area contributed by atoms with Crippen LogP contribution in [0.15, 0.2) is 65.4 Å². The number of fused-ring (bicyclic) bond motifs is 1. The Morgan fingerprint density at radius 3 is 2.63 bits per heavy atom. The number of anilines is 1. The molecule has 0 unspecified atom stereocenters. The zero-order chi connectivity index (χ0) is 26.5. The zero-order valence-corrected chi connectivity index (χ0v) is 21.1. The summed E-state index contributed by atoms with van der Waals surface area (Å²) in [5.41, 5.74) is 9.10. The van der Waals surface area contributed by atoms with Crippen molar-refractivity contribution in [2.45, 2.75) is 12.8 Å². The monoisotopic (exact) mass is 512 g/mol. The van der Waals surface area contributed by atoms with E-state index < -0.39 is 0 Å². The maximum atomic E-state index is 12.7. The Morgan fingerprint density at radius 1 is 1.08 bits per heavy atom. The lowest BCUT2D eigenvalue weighted by atomic mass is 10.1. The minimum atomic E-state index is -0.0469. The van der Waals surface area contributed by atoms with Gasteiger partial charge in [0.25, 0.3) is 5.91 Å². The Bertz CT molecular complexity index is 1470. The fourth-order valence-corrected chi connectivity index (χ4v) is 4.27. The van der Waals surface area contributed by atoms with Crippen LogP contribution >= 0.6 is 0 Å². The number of amides is 1. The molecule has 4 aromatic rings. The number of nitrogens with zero attached hydrogens (tertiary/aromatic N) is 3. The number of carbonyl (C=O) groups excluding carboxylic acids is 2. The molecular weight excluding hydrogens is 484 g/mol. The lowest BCUT2D eigenvalue weighted by Gasteiger charge is -2.26. The Morgan fingerprint density at radius 2 is 1.92 bits per heavy atom. The van der Waals surface area contributed by atoms with Gasteiger partial charge in [-0.15, -0.1) is 0 Å². The van der Waals surface area contributed by atoms with E-state index in [0.717, 1.165) is 16.5 Å². The summed E-state index contributed by atoms with van der Waals surface area (Å²) < 4.78 is 16.9. The highest BCUT2D eigenvalue weighted by molar-refractivity contribution is 5.95. The number of pyridine rings is 2. The van der Waals surface area contributed by atoms with E-state index in [1.807, 2.05) is 24.3 Å². The molecule has 1 amide bonds. The van der Waals surface area contributed by atoms with Gasteiger partial charge in [0.05, 0.1) is 31.6 Å². The van der Waals surface area contributed by atoms with Crippen molar-refractivity contribution in [3.8, 4) is 17.0 Å². The van der Waals surface area contributed by atoms with E-state index in [-0.39, 0.29) is 11.7 Å². The number of nitrogen functional groups attached to an aromatic ring is 1. The third-order valence-corrected chi connectivity index (χ3v) is 6.35. The predicted molar refractivity (Wildman–Crippen MR) is 144 cm³/mol. The number of benzene rings is 1. The van der Waals surface area contributed by atoms with Gasteiger partial charge in [-0.05, 0) is 60.2 Å². The molecule has 2 N–H and O–H groups in total. The molecule has 1 aromatic carbocycles. The lowest BCUT2D eigenvalue weighted by molar-refractivity contribution is -0.114. The summed E-state index contributed by atoms with van der Waals surface area (Å²) in [6, 6.07) is 12.9. The van der Waals surface area contributed by atoms with E-state index >= 15 is 0 Å². The highest BCUT2D eigenvalue weighted by Crippen LogP contribution is 2.34. The molecule has 4 heterocycles. The summed E-state index contributed by atoms with van der Waals surface area (Å²) in [7, 11) is 1.58. The number of aryl methyl sites for hydroxylation is 1. The number of carbonyl (C=O) groups is 2. The van der Waals surface area contributed by atoms with Crippen LogP contribution < -0.4 is 10.5 Å². The average molecular weight is 513 g/mol. The van der Waals surface area contributed by atoms with Gasteiger partial charge >= 0.3 is 0 Å². The molecule has 5 rings (SSSR count). The van der Waals surface area contributed by atoms with Crippen molar-refractivity contribution < 1.29 is 23.5 Å². The third kappa shape index (κ3) is 5.73. The number of nitrogens with two attached hydrogens (primary N) is 1. The van der Waals surface area contributed by atoms with Gasteiger partial charge in [-0.3, -0.25) is 14.6 Å². The zero-order valence-electron chi connectivity index (χ0n) is 21.1. The molecule has 3 aromatic heterocycles. The molecule has 9 nitrogen and oxygen atoms in total. The van der Waals surface area contributed by atoms with Crippen molar-refractivity contribution >= 4 is 34.6 Å². The van der Waals surface area contributed by atoms with Gasteiger partial charge in [-0.1, -0.05) is 0 Å². The minimum absolute atomic E-state index is 0.0224. The van der Waals surface area contributed by atoms with Crippen molar-refractivity contribution in [2.24, 2.45) is 0 Å². The topological polar surface area (TPSA) is 121 Å². The first-order valence-electron chi connectivity index (χ1n) is 12.4. The Balaban J connectivity index is 1.29. The van der Waals surface area contributed by atoms with Gasteiger partial charge in [-0.25, -0.2) is 4.98 Å². The van der Waals surface area contributed by atoms with E-state index in [4.69, 9.17) is 19.6 Å². The van der Waals surface area contributed by atoms with Crippen LogP contribution in [0.5, 0.6) is 5.75 Å². The number of hydrogen-bond acceptors (Lipinski definition) is 8. The van der Waals surface area contributed by atoms with Gasteiger partial charge in [0, 0.05) is 49.3 Å². The molecule has 0 bridgehead atoms. The third-order valence-electron chi connectivity index (χ3n) is 6.35. The molecule has 194 valence electrons. The molecule has 9 heteroatoms. The van der Waals surface area contributed by atoms with Crippen molar-refractivity contribution in [2.75, 3.05) is 39.1 Å². The van der Waals surface area contributed by atoms with Gasteiger partial charge in [0.2, 0.25) is 0 Å². The van der Waals surface area contributed by atoms with E-state index in [9.17, 15) is 9.59 Å². The number of hydrogen-bond donors (Lipinski definition) is 1. The standard InChI is InChI=1S/C29H28N4O5/c1-36-26-16-21(25-8-4-20(18-31-25)29(35)33-10-12-37-13-11-33)14-22-15-24(38-28(22)26)7-6-23(34)5-2-19-3-9-27(30)32-17-19/h2-5,8-9,14-18H,6-7,10-13H2,1H3,(H2,30,32)/b5-2+. The Kier molecular flexibility index (Phi) is 7.46. The molecule has 0 saturated carbocycles. The van der Waals surface area contributed by atoms with Crippen molar-refractivity contribution in [3.63, 3.8) is 0 Å². The van der Waals surface area contributed by atoms with Crippen LogP contribution in [0.25, 0.3) is 28.3 Å². The van der Waals surface area contributed by atoms with Crippen molar-refractivity contribution in [3.05, 3.63) is 77.8 Å². The fourth-order valence-electron chi connectivity index (χ4n) is 4.27. The van der Waals surface area contributed by atoms with Gasteiger partial charge in [0.1, 0.15) is 11.6 Å². The highest BCUT2D eigenvalue weighted by Gasteiger charge is 2.19. The molecule has 0 aliphatic carbocycles. The highest BCUT2D eigenvalue weighted by atomic mass is 16.5. The van der Waals surface area contributed by atoms with Gasteiger partial charge in [0.15, 0.2) is 17.1 Å². The summed E-state index contributed by atoms with van der Waals surface area (Å²) >= 11 is 0. The first-order valence-corrected chi connectivity index (χ1v) is 12.4. The predicted octanol–water partition coefficient (Wildman–Crippen LogP) is 4.17. The number of allylic oxidation sites excluding steroid dienone is 1. The molecule has 1 fully saturated rings. The Labute approximate surface area is 219 Å². The fraction of sp³-hybridized carbons (Fsp3) is 0.241. The van der Waals surface area contributed by atoms with Crippen LogP contribution in [-0.4, -0.2) is 60.0 Å². The van der Waals surface area contributed by atoms with Crippen LogP contribution in [-0.2, 0) is 16.0 Å². The van der Waals surface area contributed by atoms with Crippen LogP contribution in [0.1, 0.15) is 28.1 Å². The Hall–Kier alpha value is -4.50. The summed E-state index contributed by atoms with van der Waals surface area (Å²) in [4.78, 5) is 35.4. The SMILES string of the molecule is COc1cc(-c2ccc(C(=O)N3CCOCC3)cn2)cc2cc(CCC(=O)/C=C/c3ccc(N)nc3)oc12. The maximum absolute atomic E-state index is 12.7. The molecule has 0 radical (unpaired) electrons. The number of ether oxygens (including phenoxy) is 2. The van der Waals surface area contributed by atoms with Crippen molar-refractivity contribution in [1.29, 1.82) is 0 Å². The van der Waals surface area contributed by atoms with Crippen molar-refractivity contribution in [1.82, 2.24) is 14.9 Å². The second-order valence-corrected chi connectivity index (χ2v) is 8.96. The summed E-state index contributed by atoms with van der Waals surface area (Å²) in [6.45, 7) is 2.27. The molecular formula is C29H28N4O5. The summed E-state index contributed by atoms with van der Waals surface area (Å²) in [5, 5.41) is 0.848. The van der Waals surface area contributed by atoms with Crippen LogP contribution in [0.3, 0.4) is 0 Å². The number of methoxy groups -OCH3 is 1. The molecule has 38 heavy (non-hydrogen) atoms. The smallest absolute Gasteiger partial charge is 0.255 e. The van der Waals surface area contributed by atoms with E-state index in [1.165, 1.54) is 6.08 Å². The minimum Gasteiger partial charge on any atom is -0.493 e. The summed E-state index contributed by atoms with van der Waals surface area (Å²) in [6.07, 6.45) is 7.22. The molecule has 0 atom stereocenters. The largest absolute Gasteiger partial charge is 0.493 e. The second-order valence-electron chi connectivity index (χ2n) is 8.96. The number of aromatic nitrogens is 2. The number of morpholine rings is 1. The molecule has 1 aliphatic heterocycles. The van der Waals surface area contributed by atoms with E-state index in [0.29, 0.717) is 73.3 Å². The average Bonchev–Trinajstić information content (AvgIpc) is 3.38. The van der Waals surface area contributed by atoms with E-state index in [2.05, 4.69) is 9.97 Å². The second kappa shape index (κ2) is 11.3. The summed E-state index contributed by atoms with van der Waals surface area (Å²) in [5.74, 6) is 1.62. The van der Waals surface area contributed by atoms with Gasteiger partial charge in [-0.2, -0.15) is 0 Å². The van der Waals surface area contributed by atoms with E-state index in [1.54, 1.807) is 48.7 Å². The molecule has 0 spiro atoms. The van der Waals surface area contributed by atoms with Crippen LogP contribution in [0.4, 0.5) is 5.82 Å². The first-order chi connectivity index (χ1) is 18.5. The number of rotatable bonds is 8. The lowest BCUT2D eigenvalue weighted by Crippen LogP contribution is -2.40. The van der Waals surface area contributed by atoms with Gasteiger partial charge < -0.3 is 24.5 Å². The van der Waals surface area contributed by atoms with Crippen LogP contribution in [0.2, 0.25) is 0 Å². The quantitative estimate of drug-likeness (QED) is 0.349. The normalized spacial score (nSPS) is 13.8. The first kappa shape index (κ1) is 25.2. The maximum Gasteiger partial charge on any atom is 0.255 e. The molecule has 1 saturated heterocycles. The number of ketones is 1.